The Hall–Kier alpha value is -1.43. The molecule has 0 aromatic carbocycles. The number of nitrogens with zero attached hydrogens (tertiary/aromatic N) is 1. The Kier molecular flexibility index (Phi) is 9.10. The van der Waals surface area contributed by atoms with Gasteiger partial charge in [0.05, 0.1) is 24.7 Å². The molecule has 0 heterocycles. The normalized spacial score (nSPS) is 35.6. The van der Waals surface area contributed by atoms with Gasteiger partial charge in [-0.05, 0) is 101 Å². The highest BCUT2D eigenvalue weighted by Crippen LogP contribution is 2.60. The predicted molar refractivity (Wildman–Crippen MR) is 142 cm³/mol. The van der Waals surface area contributed by atoms with E-state index in [0.29, 0.717) is 24.7 Å². The highest BCUT2D eigenvalue weighted by molar-refractivity contribution is 5.77. The predicted octanol–water partition coefficient (Wildman–Crippen LogP) is 5.16. The average molecular weight is 488 g/mol. The fourth-order valence-corrected chi connectivity index (χ4v) is 7.52. The van der Waals surface area contributed by atoms with Gasteiger partial charge in [0.25, 0.3) is 0 Å². The van der Waals surface area contributed by atoms with Gasteiger partial charge in [-0.15, -0.1) is 0 Å². The number of hydrogen-bond acceptors (Lipinski definition) is 4. The van der Waals surface area contributed by atoms with Crippen LogP contribution in [0.1, 0.15) is 92.9 Å². The summed E-state index contributed by atoms with van der Waals surface area (Å²) in [4.78, 5) is 14.9. The van der Waals surface area contributed by atoms with Gasteiger partial charge in [0.2, 0.25) is 5.91 Å². The first-order valence-electron chi connectivity index (χ1n) is 13.8. The molecule has 0 saturated heterocycles. The van der Waals surface area contributed by atoms with Crippen LogP contribution >= 0.6 is 0 Å². The van der Waals surface area contributed by atoms with Crippen molar-refractivity contribution in [2.75, 3.05) is 0 Å². The highest BCUT2D eigenvalue weighted by atomic mass is 16.3. The van der Waals surface area contributed by atoms with Crippen LogP contribution in [0.3, 0.4) is 0 Å². The number of hydrogen-bond donors (Lipinski definition) is 3. The zero-order chi connectivity index (χ0) is 26.1. The van der Waals surface area contributed by atoms with E-state index in [1.165, 1.54) is 5.57 Å². The van der Waals surface area contributed by atoms with Gasteiger partial charge in [-0.1, -0.05) is 38.2 Å². The van der Waals surface area contributed by atoms with E-state index >= 15 is 0 Å². The van der Waals surface area contributed by atoms with Crippen molar-refractivity contribution in [2.24, 2.45) is 23.2 Å². The lowest BCUT2D eigenvalue weighted by molar-refractivity contribution is -0.138. The van der Waals surface area contributed by atoms with Gasteiger partial charge in [0.1, 0.15) is 0 Å². The van der Waals surface area contributed by atoms with Crippen LogP contribution in [0.25, 0.3) is 0 Å². The fourth-order valence-electron chi connectivity index (χ4n) is 7.52. The first-order valence-corrected chi connectivity index (χ1v) is 13.8. The van der Waals surface area contributed by atoms with Crippen LogP contribution in [0, 0.1) is 23.2 Å². The van der Waals surface area contributed by atoms with E-state index in [0.717, 1.165) is 43.3 Å². The Balaban J connectivity index is 1.74. The molecule has 5 heteroatoms. The molecule has 1 unspecified atom stereocenters. The minimum atomic E-state index is -0.664. The molecule has 3 N–H and O–H groups in total. The molecule has 0 aliphatic heterocycles. The maximum atomic E-state index is 13.0. The fraction of sp³-hybridized carbons (Fsp3) is 0.767. The minimum Gasteiger partial charge on any atom is -0.393 e. The average Bonchev–Trinajstić information content (AvgIpc) is 3.11. The number of aliphatic hydroxyl groups excluding tert-OH is 3. The lowest BCUT2D eigenvalue weighted by atomic mass is 9.60. The molecule has 3 rings (SSSR count). The number of aliphatic hydroxyl groups is 3. The van der Waals surface area contributed by atoms with Crippen molar-refractivity contribution >= 4 is 5.91 Å². The third-order valence-electron chi connectivity index (χ3n) is 9.33. The first kappa shape index (κ1) is 28.1. The van der Waals surface area contributed by atoms with Crippen LogP contribution in [0.5, 0.6) is 0 Å². The van der Waals surface area contributed by atoms with Crippen molar-refractivity contribution in [3.05, 3.63) is 35.5 Å². The summed E-state index contributed by atoms with van der Waals surface area (Å²) in [7, 11) is 0. The molecule has 3 saturated carbocycles. The van der Waals surface area contributed by atoms with E-state index in [1.54, 1.807) is 0 Å². The number of amides is 1. The zero-order valence-electron chi connectivity index (χ0n) is 22.8. The molecule has 0 bridgehead atoms. The molecule has 198 valence electrons. The summed E-state index contributed by atoms with van der Waals surface area (Å²) < 4.78 is 0. The van der Waals surface area contributed by atoms with Gasteiger partial charge in [0.15, 0.2) is 0 Å². The topological polar surface area (TPSA) is 81.0 Å². The van der Waals surface area contributed by atoms with Crippen molar-refractivity contribution in [2.45, 2.75) is 123 Å². The number of allylic oxidation sites excluding steroid dienone is 3. The summed E-state index contributed by atoms with van der Waals surface area (Å²) in [6.07, 6.45) is 9.12. The molecular formula is C30H49NO4. The molecule has 0 aromatic heterocycles. The number of carbonyl (C=O) groups excluding carboxylic acids is 1. The lowest BCUT2D eigenvalue weighted by Gasteiger charge is -2.45. The van der Waals surface area contributed by atoms with E-state index in [2.05, 4.69) is 32.6 Å². The van der Waals surface area contributed by atoms with E-state index in [1.807, 2.05) is 32.6 Å². The molecule has 0 spiro atoms. The van der Waals surface area contributed by atoms with Crippen molar-refractivity contribution in [3.63, 3.8) is 0 Å². The highest BCUT2D eigenvalue weighted by Gasteiger charge is 2.51. The first-order chi connectivity index (χ1) is 16.4. The van der Waals surface area contributed by atoms with Gasteiger partial charge < -0.3 is 20.2 Å². The van der Waals surface area contributed by atoms with Gasteiger partial charge >= 0.3 is 0 Å². The van der Waals surface area contributed by atoms with Crippen LogP contribution < -0.4 is 0 Å². The van der Waals surface area contributed by atoms with E-state index < -0.39 is 18.3 Å². The molecule has 5 nitrogen and oxygen atoms in total. The van der Waals surface area contributed by atoms with Gasteiger partial charge in [-0.3, -0.25) is 4.79 Å². The molecule has 3 aliphatic rings. The van der Waals surface area contributed by atoms with E-state index in [4.69, 9.17) is 0 Å². The number of carbonyl (C=O) groups is 1. The summed E-state index contributed by atoms with van der Waals surface area (Å²) in [5, 5.41) is 31.4. The number of rotatable bonds is 7. The molecule has 35 heavy (non-hydrogen) atoms. The Morgan fingerprint density at radius 2 is 1.80 bits per heavy atom. The van der Waals surface area contributed by atoms with E-state index in [9.17, 15) is 20.1 Å². The zero-order valence-corrected chi connectivity index (χ0v) is 22.8. The van der Waals surface area contributed by atoms with E-state index in [-0.39, 0.29) is 35.7 Å². The SMILES string of the molecule is C=C1/C(=C\C=C2CCC[C@]3(C)[C@@H]([C@H](C)C(O)CC(=O)N(C(C)C)C(C)C)CC[C@@H]23)C[C@H](O)C[C@H]1O. The van der Waals surface area contributed by atoms with Crippen molar-refractivity contribution in [3.8, 4) is 0 Å². The van der Waals surface area contributed by atoms with Crippen molar-refractivity contribution in [1.29, 1.82) is 0 Å². The maximum Gasteiger partial charge on any atom is 0.225 e. The Morgan fingerprint density at radius 3 is 2.43 bits per heavy atom. The monoisotopic (exact) mass is 487 g/mol. The van der Waals surface area contributed by atoms with Crippen molar-refractivity contribution < 1.29 is 20.1 Å². The van der Waals surface area contributed by atoms with Crippen LogP contribution in [-0.2, 0) is 4.79 Å². The van der Waals surface area contributed by atoms with Crippen LogP contribution in [0.4, 0.5) is 0 Å². The van der Waals surface area contributed by atoms with Crippen LogP contribution in [-0.4, -0.2) is 56.5 Å². The maximum absolute atomic E-state index is 13.0. The Labute approximate surface area is 213 Å². The molecule has 0 aromatic rings. The largest absolute Gasteiger partial charge is 0.393 e. The summed E-state index contributed by atoms with van der Waals surface area (Å²) in [5.74, 6) is 0.961. The Bertz CT molecular complexity index is 835. The quantitative estimate of drug-likeness (QED) is 0.463. The molecule has 0 radical (unpaired) electrons. The minimum absolute atomic E-state index is 0.0435. The molecule has 3 aliphatic carbocycles. The second-order valence-corrected chi connectivity index (χ2v) is 12.3. The summed E-state index contributed by atoms with van der Waals surface area (Å²) in [6.45, 7) is 16.7. The second-order valence-electron chi connectivity index (χ2n) is 12.3. The van der Waals surface area contributed by atoms with Gasteiger partial charge in [0, 0.05) is 18.5 Å². The third kappa shape index (κ3) is 5.94. The Morgan fingerprint density at radius 1 is 1.14 bits per heavy atom. The summed E-state index contributed by atoms with van der Waals surface area (Å²) in [5.41, 5.74) is 3.24. The van der Waals surface area contributed by atoms with Crippen molar-refractivity contribution in [1.82, 2.24) is 4.90 Å². The molecular weight excluding hydrogens is 438 g/mol. The summed E-state index contributed by atoms with van der Waals surface area (Å²) in [6, 6.07) is 0.252. The molecule has 7 atom stereocenters. The third-order valence-corrected chi connectivity index (χ3v) is 9.33. The summed E-state index contributed by atoms with van der Waals surface area (Å²) >= 11 is 0. The second kappa shape index (κ2) is 11.3. The van der Waals surface area contributed by atoms with Crippen LogP contribution in [0.15, 0.2) is 35.5 Å². The van der Waals surface area contributed by atoms with Gasteiger partial charge in [-0.2, -0.15) is 0 Å². The van der Waals surface area contributed by atoms with Crippen LogP contribution in [0.2, 0.25) is 0 Å². The number of fused-ring (bicyclic) bond motifs is 1. The molecule has 3 fully saturated rings. The molecule has 1 amide bonds. The smallest absolute Gasteiger partial charge is 0.225 e. The lowest BCUT2D eigenvalue weighted by Crippen LogP contribution is -2.45. The standard InChI is InChI=1S/C30H49NO4/c1-18(2)31(19(3)4)29(35)17-28(34)21(6)25-12-13-26-22(9-8-14-30(25,26)7)10-11-23-15-24(32)16-27(33)20(23)5/h10-11,18-19,21,24-28,32-34H,5,8-9,12-17H2,1-4,6-7H3/b22-10?,23-11-/t21-,24-,25+,26-,27+,28?,30+/m0/s1. The van der Waals surface area contributed by atoms with Gasteiger partial charge in [-0.25, -0.2) is 0 Å².